The third kappa shape index (κ3) is 2.71. The summed E-state index contributed by atoms with van der Waals surface area (Å²) in [4.78, 5) is 2.58. The van der Waals surface area contributed by atoms with Crippen molar-refractivity contribution in [2.45, 2.75) is 53.1 Å². The first-order valence-electron chi connectivity index (χ1n) is 5.57. The van der Waals surface area contributed by atoms with Crippen LogP contribution in [0.5, 0.6) is 0 Å². The first-order chi connectivity index (χ1) is 6.23. The summed E-state index contributed by atoms with van der Waals surface area (Å²) in [6, 6.07) is 0.538. The molecule has 0 saturated carbocycles. The number of morpholine rings is 1. The van der Waals surface area contributed by atoms with Crippen LogP contribution in [0.2, 0.25) is 0 Å². The Kier molecular flexibility index (Phi) is 3.27. The number of rotatable bonds is 0. The van der Waals surface area contributed by atoms with Crippen molar-refractivity contribution >= 4 is 0 Å². The Balaban J connectivity index is 2.80. The van der Waals surface area contributed by atoms with Gasteiger partial charge in [0, 0.05) is 18.1 Å². The van der Waals surface area contributed by atoms with Gasteiger partial charge in [0.2, 0.25) is 0 Å². The molecule has 0 bridgehead atoms. The van der Waals surface area contributed by atoms with Crippen LogP contribution in [-0.2, 0) is 4.74 Å². The van der Waals surface area contributed by atoms with Crippen molar-refractivity contribution in [2.75, 3.05) is 19.8 Å². The zero-order chi connectivity index (χ0) is 11.0. The van der Waals surface area contributed by atoms with Crippen molar-refractivity contribution in [1.82, 2.24) is 4.90 Å². The van der Waals surface area contributed by atoms with Gasteiger partial charge in [-0.15, -0.1) is 0 Å². The Labute approximate surface area is 88.6 Å². The SMILES string of the molecule is CC(C)(C)[C@H]1COCCN1C(C)(C)C. The minimum Gasteiger partial charge on any atom is -0.378 e. The first-order valence-corrected chi connectivity index (χ1v) is 5.57. The van der Waals surface area contributed by atoms with Gasteiger partial charge in [0.05, 0.1) is 13.2 Å². The van der Waals surface area contributed by atoms with E-state index in [1.807, 2.05) is 0 Å². The van der Waals surface area contributed by atoms with Crippen molar-refractivity contribution in [3.63, 3.8) is 0 Å². The minimum absolute atomic E-state index is 0.252. The molecule has 0 aromatic carbocycles. The molecule has 0 aromatic rings. The van der Waals surface area contributed by atoms with Gasteiger partial charge in [-0.25, -0.2) is 0 Å². The second-order valence-corrected chi connectivity index (χ2v) is 6.32. The van der Waals surface area contributed by atoms with E-state index in [1.54, 1.807) is 0 Å². The van der Waals surface area contributed by atoms with Crippen LogP contribution in [0.15, 0.2) is 0 Å². The van der Waals surface area contributed by atoms with Crippen molar-refractivity contribution in [3.05, 3.63) is 0 Å². The zero-order valence-electron chi connectivity index (χ0n) is 10.6. The average Bonchev–Trinajstić information content (AvgIpc) is 2.01. The van der Waals surface area contributed by atoms with Gasteiger partial charge in [-0.3, -0.25) is 4.90 Å². The van der Waals surface area contributed by atoms with Gasteiger partial charge >= 0.3 is 0 Å². The van der Waals surface area contributed by atoms with Gasteiger partial charge in [0.15, 0.2) is 0 Å². The summed E-state index contributed by atoms with van der Waals surface area (Å²) >= 11 is 0. The summed E-state index contributed by atoms with van der Waals surface area (Å²) in [5.74, 6) is 0. The molecule has 0 spiro atoms. The van der Waals surface area contributed by atoms with E-state index in [-0.39, 0.29) is 5.54 Å². The standard InChI is InChI=1S/C12H25NO/c1-11(2,3)10-9-14-8-7-13(10)12(4,5)6/h10H,7-9H2,1-6H3/t10-/m1/s1. The molecule has 0 radical (unpaired) electrons. The van der Waals surface area contributed by atoms with Gasteiger partial charge in [-0.2, -0.15) is 0 Å². The topological polar surface area (TPSA) is 12.5 Å². The van der Waals surface area contributed by atoms with Crippen LogP contribution in [-0.4, -0.2) is 36.2 Å². The van der Waals surface area contributed by atoms with E-state index in [1.165, 1.54) is 0 Å². The Hall–Kier alpha value is -0.0800. The zero-order valence-corrected chi connectivity index (χ0v) is 10.6. The van der Waals surface area contributed by atoms with Crippen molar-refractivity contribution in [3.8, 4) is 0 Å². The lowest BCUT2D eigenvalue weighted by molar-refractivity contribution is -0.0856. The predicted octanol–water partition coefficient (Wildman–Crippen LogP) is 2.53. The number of hydrogen-bond acceptors (Lipinski definition) is 2. The molecule has 14 heavy (non-hydrogen) atoms. The molecule has 2 heteroatoms. The van der Waals surface area contributed by atoms with E-state index in [2.05, 4.69) is 46.4 Å². The lowest BCUT2D eigenvalue weighted by Gasteiger charge is -2.49. The lowest BCUT2D eigenvalue weighted by atomic mass is 9.83. The molecule has 0 aromatic heterocycles. The largest absolute Gasteiger partial charge is 0.378 e. The molecule has 1 rings (SSSR count). The minimum atomic E-state index is 0.252. The maximum absolute atomic E-state index is 5.59. The maximum atomic E-state index is 5.59. The molecule has 1 aliphatic rings. The Morgan fingerprint density at radius 2 is 1.64 bits per heavy atom. The molecular weight excluding hydrogens is 174 g/mol. The Bertz CT molecular complexity index is 165. The highest BCUT2D eigenvalue weighted by atomic mass is 16.5. The summed E-state index contributed by atoms with van der Waals surface area (Å²) in [5, 5.41) is 0. The average molecular weight is 199 g/mol. The molecule has 1 aliphatic heterocycles. The van der Waals surface area contributed by atoms with Crippen LogP contribution in [0.3, 0.4) is 0 Å². The maximum Gasteiger partial charge on any atom is 0.0627 e. The third-order valence-corrected chi connectivity index (χ3v) is 2.99. The fraction of sp³-hybridized carbons (Fsp3) is 1.00. The summed E-state index contributed by atoms with van der Waals surface area (Å²) in [7, 11) is 0. The molecule has 1 atom stereocenters. The highest BCUT2D eigenvalue weighted by Gasteiger charge is 2.38. The van der Waals surface area contributed by atoms with Gasteiger partial charge in [0.25, 0.3) is 0 Å². The molecule has 0 N–H and O–H groups in total. The number of hydrogen-bond donors (Lipinski definition) is 0. The highest BCUT2D eigenvalue weighted by molar-refractivity contribution is 4.91. The molecule has 1 heterocycles. The summed E-state index contributed by atoms with van der Waals surface area (Å²) < 4.78 is 5.59. The molecule has 2 nitrogen and oxygen atoms in total. The fourth-order valence-electron chi connectivity index (χ4n) is 2.12. The normalized spacial score (nSPS) is 26.6. The predicted molar refractivity (Wildman–Crippen MR) is 60.5 cm³/mol. The van der Waals surface area contributed by atoms with E-state index < -0.39 is 0 Å². The summed E-state index contributed by atoms with van der Waals surface area (Å²) in [5.41, 5.74) is 0.551. The van der Waals surface area contributed by atoms with Crippen molar-refractivity contribution in [1.29, 1.82) is 0 Å². The first kappa shape index (κ1) is 12.0. The van der Waals surface area contributed by atoms with Crippen LogP contribution >= 0.6 is 0 Å². The van der Waals surface area contributed by atoms with Crippen LogP contribution in [0.1, 0.15) is 41.5 Å². The van der Waals surface area contributed by atoms with Gasteiger partial charge in [-0.1, -0.05) is 20.8 Å². The molecule has 1 fully saturated rings. The van der Waals surface area contributed by atoms with Crippen LogP contribution < -0.4 is 0 Å². The second kappa shape index (κ2) is 3.82. The summed E-state index contributed by atoms with van der Waals surface area (Å²) in [6.07, 6.45) is 0. The third-order valence-electron chi connectivity index (χ3n) is 2.99. The Morgan fingerprint density at radius 1 is 1.07 bits per heavy atom. The lowest BCUT2D eigenvalue weighted by Crippen LogP contribution is -2.58. The molecule has 1 saturated heterocycles. The fourth-order valence-corrected chi connectivity index (χ4v) is 2.12. The second-order valence-electron chi connectivity index (χ2n) is 6.32. The molecular formula is C12H25NO. The molecule has 0 aliphatic carbocycles. The highest BCUT2D eigenvalue weighted by Crippen LogP contribution is 2.31. The number of nitrogens with zero attached hydrogens (tertiary/aromatic N) is 1. The molecule has 0 amide bonds. The van der Waals surface area contributed by atoms with E-state index >= 15 is 0 Å². The Morgan fingerprint density at radius 3 is 2.00 bits per heavy atom. The smallest absolute Gasteiger partial charge is 0.0627 e. The van der Waals surface area contributed by atoms with Crippen molar-refractivity contribution in [2.24, 2.45) is 5.41 Å². The van der Waals surface area contributed by atoms with Crippen LogP contribution in [0.25, 0.3) is 0 Å². The van der Waals surface area contributed by atoms with Crippen molar-refractivity contribution < 1.29 is 4.74 Å². The quantitative estimate of drug-likeness (QED) is 0.594. The van der Waals surface area contributed by atoms with Gasteiger partial charge in [-0.05, 0) is 26.2 Å². The van der Waals surface area contributed by atoms with Crippen LogP contribution in [0, 0.1) is 5.41 Å². The van der Waals surface area contributed by atoms with Crippen LogP contribution in [0.4, 0.5) is 0 Å². The monoisotopic (exact) mass is 199 g/mol. The number of ether oxygens (including phenoxy) is 1. The van der Waals surface area contributed by atoms with E-state index in [4.69, 9.17) is 4.74 Å². The van der Waals surface area contributed by atoms with Gasteiger partial charge in [0.1, 0.15) is 0 Å². The van der Waals surface area contributed by atoms with Gasteiger partial charge < -0.3 is 4.74 Å². The summed E-state index contributed by atoms with van der Waals surface area (Å²) in [6.45, 7) is 16.6. The van der Waals surface area contributed by atoms with E-state index in [0.29, 0.717) is 11.5 Å². The molecule has 84 valence electrons. The van der Waals surface area contributed by atoms with E-state index in [9.17, 15) is 0 Å². The molecule has 0 unspecified atom stereocenters. The van der Waals surface area contributed by atoms with E-state index in [0.717, 1.165) is 19.8 Å².